The van der Waals surface area contributed by atoms with E-state index < -0.39 is 0 Å². The van der Waals surface area contributed by atoms with Gasteiger partial charge in [0.25, 0.3) is 0 Å². The van der Waals surface area contributed by atoms with Crippen molar-refractivity contribution in [3.8, 4) is 0 Å². The summed E-state index contributed by atoms with van der Waals surface area (Å²) in [5.74, 6) is 0.145. The third-order valence-corrected chi connectivity index (χ3v) is 2.42. The molecule has 1 aromatic carbocycles. The molecule has 0 radical (unpaired) electrons. The van der Waals surface area contributed by atoms with Crippen LogP contribution in [-0.4, -0.2) is 10.1 Å². The van der Waals surface area contributed by atoms with Gasteiger partial charge < -0.3 is 5.11 Å². The van der Waals surface area contributed by atoms with Crippen LogP contribution in [0.4, 0.5) is 5.82 Å². The standard InChI is InChI=1S/C10H7ClN4O/c11-8-4-7-2-1-6(5-16)3-9(7)13-10(8)14-15-12/h1-4,16H,5H2. The second-order valence-corrected chi connectivity index (χ2v) is 3.58. The largest absolute Gasteiger partial charge is 0.392 e. The first kappa shape index (κ1) is 10.7. The predicted molar refractivity (Wildman–Crippen MR) is 61.5 cm³/mol. The number of aliphatic hydroxyl groups excluding tert-OH is 1. The van der Waals surface area contributed by atoms with Gasteiger partial charge in [0, 0.05) is 10.3 Å². The van der Waals surface area contributed by atoms with Gasteiger partial charge in [-0.2, -0.15) is 0 Å². The topological polar surface area (TPSA) is 81.9 Å². The molecule has 1 aromatic heterocycles. The normalized spacial score (nSPS) is 10.1. The van der Waals surface area contributed by atoms with E-state index >= 15 is 0 Å². The first-order valence-electron chi connectivity index (χ1n) is 4.49. The maximum Gasteiger partial charge on any atom is 0.146 e. The van der Waals surface area contributed by atoms with Gasteiger partial charge in [0.2, 0.25) is 0 Å². The fourth-order valence-corrected chi connectivity index (χ4v) is 1.59. The third kappa shape index (κ3) is 1.92. The first-order valence-corrected chi connectivity index (χ1v) is 4.87. The van der Waals surface area contributed by atoms with E-state index in [4.69, 9.17) is 22.2 Å². The zero-order chi connectivity index (χ0) is 11.5. The second-order valence-electron chi connectivity index (χ2n) is 3.17. The molecular weight excluding hydrogens is 228 g/mol. The molecule has 0 atom stereocenters. The lowest BCUT2D eigenvalue weighted by molar-refractivity contribution is 0.282. The molecule has 1 heterocycles. The van der Waals surface area contributed by atoms with Crippen molar-refractivity contribution in [3.63, 3.8) is 0 Å². The van der Waals surface area contributed by atoms with Crippen LogP contribution >= 0.6 is 11.6 Å². The highest BCUT2D eigenvalue weighted by atomic mass is 35.5. The van der Waals surface area contributed by atoms with Crippen LogP contribution in [0.25, 0.3) is 21.3 Å². The number of aliphatic hydroxyl groups is 1. The summed E-state index contributed by atoms with van der Waals surface area (Å²) < 4.78 is 0. The summed E-state index contributed by atoms with van der Waals surface area (Å²) in [6.45, 7) is -0.0584. The molecule has 0 spiro atoms. The Morgan fingerprint density at radius 2 is 2.25 bits per heavy atom. The van der Waals surface area contributed by atoms with Gasteiger partial charge in [0.05, 0.1) is 17.1 Å². The smallest absolute Gasteiger partial charge is 0.146 e. The molecule has 0 aliphatic rings. The Kier molecular flexibility index (Phi) is 2.92. The van der Waals surface area contributed by atoms with E-state index in [-0.39, 0.29) is 12.4 Å². The van der Waals surface area contributed by atoms with Crippen LogP contribution in [-0.2, 0) is 6.61 Å². The quantitative estimate of drug-likeness (QED) is 0.491. The van der Waals surface area contributed by atoms with Gasteiger partial charge in [-0.3, -0.25) is 0 Å². The molecule has 2 rings (SSSR count). The Hall–Kier alpha value is -1.81. The Labute approximate surface area is 95.9 Å². The number of pyridine rings is 1. The van der Waals surface area contributed by atoms with Gasteiger partial charge in [-0.05, 0) is 28.3 Å². The molecule has 0 unspecified atom stereocenters. The van der Waals surface area contributed by atoms with E-state index in [0.29, 0.717) is 10.5 Å². The molecule has 0 bridgehead atoms. The molecule has 0 saturated carbocycles. The van der Waals surface area contributed by atoms with Gasteiger partial charge in [-0.1, -0.05) is 23.7 Å². The van der Waals surface area contributed by atoms with E-state index in [1.165, 1.54) is 0 Å². The number of rotatable bonds is 2. The zero-order valence-corrected chi connectivity index (χ0v) is 8.89. The van der Waals surface area contributed by atoms with Crippen molar-refractivity contribution in [2.24, 2.45) is 5.11 Å². The lowest BCUT2D eigenvalue weighted by Crippen LogP contribution is -1.85. The molecule has 0 aliphatic heterocycles. The summed E-state index contributed by atoms with van der Waals surface area (Å²) >= 11 is 5.88. The molecule has 5 nitrogen and oxygen atoms in total. The average Bonchev–Trinajstić information content (AvgIpc) is 2.30. The SMILES string of the molecule is [N-]=[N+]=Nc1nc2cc(CO)ccc2cc1Cl. The molecule has 2 aromatic rings. The van der Waals surface area contributed by atoms with Crippen LogP contribution in [0.2, 0.25) is 5.02 Å². The Morgan fingerprint density at radius 1 is 1.44 bits per heavy atom. The van der Waals surface area contributed by atoms with E-state index in [0.717, 1.165) is 10.9 Å². The van der Waals surface area contributed by atoms with Gasteiger partial charge >= 0.3 is 0 Å². The molecular formula is C10H7ClN4O. The Bertz CT molecular complexity index is 593. The first-order chi connectivity index (χ1) is 7.74. The van der Waals surface area contributed by atoms with Crippen molar-refractivity contribution in [2.75, 3.05) is 0 Å². The number of azide groups is 1. The minimum absolute atomic E-state index is 0.0584. The molecule has 0 saturated heterocycles. The number of aromatic nitrogens is 1. The summed E-state index contributed by atoms with van der Waals surface area (Å²) in [5, 5.41) is 13.5. The lowest BCUT2D eigenvalue weighted by Gasteiger charge is -2.02. The Morgan fingerprint density at radius 3 is 2.94 bits per heavy atom. The highest BCUT2D eigenvalue weighted by Gasteiger charge is 2.03. The average molecular weight is 235 g/mol. The maximum atomic E-state index is 8.99. The van der Waals surface area contributed by atoms with Gasteiger partial charge in [-0.15, -0.1) is 0 Å². The summed E-state index contributed by atoms with van der Waals surface area (Å²) in [6.07, 6.45) is 0. The van der Waals surface area contributed by atoms with Crippen LogP contribution in [0.5, 0.6) is 0 Å². The van der Waals surface area contributed by atoms with Crippen LogP contribution in [0.15, 0.2) is 29.4 Å². The number of benzene rings is 1. The number of hydrogen-bond donors (Lipinski definition) is 1. The van der Waals surface area contributed by atoms with Crippen molar-refractivity contribution in [2.45, 2.75) is 6.61 Å². The summed E-state index contributed by atoms with van der Waals surface area (Å²) in [5.41, 5.74) is 9.72. The molecule has 0 fully saturated rings. The van der Waals surface area contributed by atoms with Crippen molar-refractivity contribution in [3.05, 3.63) is 45.3 Å². The molecule has 1 N–H and O–H groups in total. The minimum atomic E-state index is -0.0584. The van der Waals surface area contributed by atoms with Crippen LogP contribution in [0.3, 0.4) is 0 Å². The second kappa shape index (κ2) is 4.37. The maximum absolute atomic E-state index is 8.99. The molecule has 16 heavy (non-hydrogen) atoms. The molecule has 0 aliphatic carbocycles. The van der Waals surface area contributed by atoms with E-state index in [1.54, 1.807) is 24.3 Å². The van der Waals surface area contributed by atoms with E-state index in [2.05, 4.69) is 15.0 Å². The van der Waals surface area contributed by atoms with Gasteiger partial charge in [0.1, 0.15) is 5.82 Å². The van der Waals surface area contributed by atoms with Crippen LogP contribution in [0, 0.1) is 0 Å². The van der Waals surface area contributed by atoms with Gasteiger partial charge in [-0.25, -0.2) is 4.98 Å². The van der Waals surface area contributed by atoms with Crippen molar-refractivity contribution >= 4 is 28.3 Å². The predicted octanol–water partition coefficient (Wildman–Crippen LogP) is 3.32. The van der Waals surface area contributed by atoms with Crippen molar-refractivity contribution in [1.82, 2.24) is 4.98 Å². The Balaban J connectivity index is 2.70. The minimum Gasteiger partial charge on any atom is -0.392 e. The highest BCUT2D eigenvalue weighted by Crippen LogP contribution is 2.27. The van der Waals surface area contributed by atoms with Crippen LogP contribution < -0.4 is 0 Å². The summed E-state index contributed by atoms with van der Waals surface area (Å²) in [6, 6.07) is 6.99. The lowest BCUT2D eigenvalue weighted by atomic mass is 10.1. The molecule has 80 valence electrons. The molecule has 0 amide bonds. The van der Waals surface area contributed by atoms with Gasteiger partial charge in [0.15, 0.2) is 0 Å². The highest BCUT2D eigenvalue weighted by molar-refractivity contribution is 6.33. The van der Waals surface area contributed by atoms with Crippen molar-refractivity contribution in [1.29, 1.82) is 0 Å². The number of hydrogen-bond acceptors (Lipinski definition) is 3. The number of fused-ring (bicyclic) bond motifs is 1. The number of nitrogens with zero attached hydrogens (tertiary/aromatic N) is 4. The summed E-state index contributed by atoms with van der Waals surface area (Å²) in [4.78, 5) is 6.75. The molecule has 6 heteroatoms. The zero-order valence-electron chi connectivity index (χ0n) is 8.13. The van der Waals surface area contributed by atoms with Crippen molar-refractivity contribution < 1.29 is 5.11 Å². The van der Waals surface area contributed by atoms with Crippen LogP contribution in [0.1, 0.15) is 5.56 Å². The third-order valence-electron chi connectivity index (χ3n) is 2.14. The monoisotopic (exact) mass is 234 g/mol. The fourth-order valence-electron chi connectivity index (χ4n) is 1.39. The summed E-state index contributed by atoms with van der Waals surface area (Å²) in [7, 11) is 0. The van der Waals surface area contributed by atoms with E-state index in [1.807, 2.05) is 0 Å². The number of halogens is 1. The fraction of sp³-hybridized carbons (Fsp3) is 0.100. The van der Waals surface area contributed by atoms with E-state index in [9.17, 15) is 0 Å².